The first kappa shape index (κ1) is 91.1. The summed E-state index contributed by atoms with van der Waals surface area (Å²) in [5.74, 6) is 0. The first-order valence-corrected chi connectivity index (χ1v) is 35.2. The molecule has 9 heterocycles. The summed E-state index contributed by atoms with van der Waals surface area (Å²) in [5.41, 5.74) is 0. The Balaban J connectivity index is 0.819. The molecule has 0 bridgehead atoms. The average molecular weight is 1600 g/mol. The molecule has 0 unspecified atom stereocenters. The van der Waals surface area contributed by atoms with Crippen LogP contribution in [0.15, 0.2) is 0 Å². The first-order valence-electron chi connectivity index (χ1n) is 35.2. The summed E-state index contributed by atoms with van der Waals surface area (Å²) in [6.07, 6.45) is -72.7. The maximum Gasteiger partial charge on any atom is 0.187 e. The van der Waals surface area contributed by atoms with Crippen molar-refractivity contribution in [2.75, 3.05) is 123 Å². The van der Waals surface area contributed by atoms with Gasteiger partial charge in [-0.15, -0.1) is 0 Å². The third-order valence-electron chi connectivity index (χ3n) is 21.0. The molecule has 20 N–H and O–H groups in total. The summed E-state index contributed by atoms with van der Waals surface area (Å²) < 4.78 is 152. The quantitative estimate of drug-likeness (QED) is 0.0284. The molecular formula is C63H110O46. The fraction of sp³-hybridized carbons (Fsp3) is 1.00. The molecule has 46 heteroatoms. The second-order valence-corrected chi connectivity index (χ2v) is 27.1. The highest BCUT2D eigenvalue weighted by Crippen LogP contribution is 2.42. The van der Waals surface area contributed by atoms with Gasteiger partial charge in [-0.2, -0.15) is 0 Å². The van der Waals surface area contributed by atoms with Crippen molar-refractivity contribution in [1.29, 1.82) is 0 Å². The predicted molar refractivity (Wildman–Crippen MR) is 340 cm³/mol. The summed E-state index contributed by atoms with van der Waals surface area (Å²) in [4.78, 5) is 0. The van der Waals surface area contributed by atoms with E-state index in [-0.39, 0.29) is 0 Å². The molecule has 0 aliphatic carbocycles. The SMILES string of the molecule is CO[C@@H]1[C@H](O)[C@@H](O[C@H]2[C@H](OC)[C@H](O)[C@@H](O[C@H]3[C@H](OC)[C@H](O)[C@@H](O[C@H]4[C@H](OC)[C@H](O)[C@@H](O[C@H]5[C@H](OC)[C@H](O)[C@@H](O[C@H]6[C@H](OC)[C@H](O)[C@@H](O[C@H]7[C@H](OC)[C@H](O)[C@@H](O[C@H]8[C@H](OC)[C@H](O)[C@@H](O[C@H]9[C@H](OC)[C@H](O)[C@@H](O)O[C@@H]9CO)O[C@@H]8CO)O[C@@H]7CO)O[C@@H]6CO)O[C@@H]5CO)O[C@@H]4CO)O[C@@H]3CO)O[C@@H]2CO)O[C@H](CO)[C@H]1O. The van der Waals surface area contributed by atoms with Gasteiger partial charge in [-0.25, -0.2) is 0 Å². The third kappa shape index (κ3) is 19.0. The summed E-state index contributed by atoms with van der Waals surface area (Å²) >= 11 is 0. The standard InChI is InChI=1S/C63H110O46/c1-84-46-28(73)19(10-64)94-56(30(46)75)103-39-21(12-66)96-58(32(77)48(39)86-3)105-41-23(14-68)98-60(34(79)50(41)88-5)107-43-25(16-70)100-62(36(81)52(43)90-7)109-45-27(18-72)101-63(37(82)54(45)92-9)108-44-26(17-71)99-61(35(80)53(44)91-8)106-42-24(15-69)97-59(33(78)51(42)89-6)104-40-22(13-67)95-57(31(76)49(40)87-4)102-38-20(11-65)93-55(83)29(74)47(38)85-2/h19-83H,10-18H2,1-9H3/t19-,20-,21-,22-,23-,24-,25-,26-,27-,28-,29+,30+,31+,32+,33+,34+,35+,36+,37+,38-,39-,40-,41-,42-,43-,44-,45-,46+,47-,48-,49-,50-,51-,52-,53-,54-,55+,56-,57-,58-,59-,60-,61-,62-,63-/m1/s1. The molecule has 9 saturated heterocycles. The highest BCUT2D eigenvalue weighted by molar-refractivity contribution is 5.04. The highest BCUT2D eigenvalue weighted by Gasteiger charge is 2.62. The van der Waals surface area contributed by atoms with E-state index in [1.807, 2.05) is 0 Å². The molecule has 9 aliphatic rings. The van der Waals surface area contributed by atoms with Gasteiger partial charge in [0, 0.05) is 64.0 Å². The van der Waals surface area contributed by atoms with Gasteiger partial charge in [0.15, 0.2) is 56.6 Å². The Labute approximate surface area is 623 Å². The molecule has 0 aromatic carbocycles. The third-order valence-corrected chi connectivity index (χ3v) is 21.0. The number of aliphatic hydroxyl groups excluding tert-OH is 20. The van der Waals surface area contributed by atoms with E-state index in [2.05, 4.69) is 0 Å². The van der Waals surface area contributed by atoms with Gasteiger partial charge >= 0.3 is 0 Å². The van der Waals surface area contributed by atoms with Crippen molar-refractivity contribution in [3.8, 4) is 0 Å². The Morgan fingerprint density at radius 2 is 0.303 bits per heavy atom. The molecule has 0 amide bonds. The minimum Gasteiger partial charge on any atom is -0.394 e. The molecule has 45 atom stereocenters. The van der Waals surface area contributed by atoms with Gasteiger partial charge in [-0.3, -0.25) is 0 Å². The van der Waals surface area contributed by atoms with Crippen LogP contribution in [-0.2, 0) is 123 Å². The zero-order valence-electron chi connectivity index (χ0n) is 60.9. The lowest BCUT2D eigenvalue weighted by atomic mass is 9.94. The minimum absolute atomic E-state index is 0.714. The number of methoxy groups -OCH3 is 9. The largest absolute Gasteiger partial charge is 0.394 e. The van der Waals surface area contributed by atoms with Crippen LogP contribution in [0.3, 0.4) is 0 Å². The monoisotopic (exact) mass is 1600 g/mol. The van der Waals surface area contributed by atoms with E-state index >= 15 is 0 Å². The zero-order chi connectivity index (χ0) is 79.7. The number of aliphatic hydroxyl groups is 20. The summed E-state index contributed by atoms with van der Waals surface area (Å²) in [6, 6.07) is 0. The Morgan fingerprint density at radius 3 is 0.459 bits per heavy atom. The molecule has 0 aromatic heterocycles. The molecular weight excluding hydrogens is 1490 g/mol. The van der Waals surface area contributed by atoms with Crippen molar-refractivity contribution < 1.29 is 225 Å². The van der Waals surface area contributed by atoms with Gasteiger partial charge < -0.3 is 225 Å². The van der Waals surface area contributed by atoms with Crippen LogP contribution in [0.2, 0.25) is 0 Å². The molecule has 0 aromatic rings. The summed E-state index contributed by atoms with van der Waals surface area (Å²) in [7, 11) is 10.4. The Kier molecular flexibility index (Phi) is 34.7. The lowest BCUT2D eigenvalue weighted by molar-refractivity contribution is -0.402. The second-order valence-electron chi connectivity index (χ2n) is 27.1. The molecule has 109 heavy (non-hydrogen) atoms. The van der Waals surface area contributed by atoms with Crippen molar-refractivity contribution >= 4 is 0 Å². The van der Waals surface area contributed by atoms with Gasteiger partial charge in [0.25, 0.3) is 0 Å². The van der Waals surface area contributed by atoms with Gasteiger partial charge in [0.05, 0.1) is 59.5 Å². The van der Waals surface area contributed by atoms with Crippen molar-refractivity contribution in [2.45, 2.75) is 276 Å². The van der Waals surface area contributed by atoms with E-state index in [0.29, 0.717) is 0 Å². The van der Waals surface area contributed by atoms with Crippen LogP contribution in [0.25, 0.3) is 0 Å². The van der Waals surface area contributed by atoms with Gasteiger partial charge in [0.2, 0.25) is 0 Å². The number of hydrogen-bond acceptors (Lipinski definition) is 46. The van der Waals surface area contributed by atoms with E-state index in [9.17, 15) is 102 Å². The van der Waals surface area contributed by atoms with Crippen LogP contribution >= 0.6 is 0 Å². The predicted octanol–water partition coefficient (Wildman–Crippen LogP) is -14.7. The lowest BCUT2D eigenvalue weighted by Gasteiger charge is -2.51. The molecule has 9 aliphatic heterocycles. The first-order chi connectivity index (χ1) is 52.3. The summed E-state index contributed by atoms with van der Waals surface area (Å²) in [6.45, 7) is -7.67. The fourth-order valence-corrected chi connectivity index (χ4v) is 15.3. The molecule has 9 fully saturated rings. The maximum atomic E-state index is 12.0. The minimum atomic E-state index is -1.93. The van der Waals surface area contributed by atoms with Crippen molar-refractivity contribution in [3.63, 3.8) is 0 Å². The molecule has 46 nitrogen and oxygen atoms in total. The summed E-state index contributed by atoms with van der Waals surface area (Å²) in [5, 5.41) is 220. The molecule has 0 spiro atoms. The number of rotatable bonds is 34. The van der Waals surface area contributed by atoms with E-state index < -0.39 is 336 Å². The Bertz CT molecular complexity index is 2630. The van der Waals surface area contributed by atoms with E-state index in [4.69, 9.17) is 123 Å². The van der Waals surface area contributed by atoms with Crippen LogP contribution in [0.5, 0.6) is 0 Å². The highest BCUT2D eigenvalue weighted by atomic mass is 16.8. The van der Waals surface area contributed by atoms with Gasteiger partial charge in [0.1, 0.15) is 220 Å². The van der Waals surface area contributed by atoms with Crippen molar-refractivity contribution in [3.05, 3.63) is 0 Å². The average Bonchev–Trinajstić information content (AvgIpc) is 0.770. The number of hydrogen-bond donors (Lipinski definition) is 20. The Morgan fingerprint density at radius 1 is 0.165 bits per heavy atom. The topological polar surface area (TPSA) is 645 Å². The fourth-order valence-electron chi connectivity index (χ4n) is 15.3. The van der Waals surface area contributed by atoms with Crippen LogP contribution in [0.4, 0.5) is 0 Å². The van der Waals surface area contributed by atoms with Gasteiger partial charge in [-0.05, 0) is 0 Å². The zero-order valence-corrected chi connectivity index (χ0v) is 60.9. The van der Waals surface area contributed by atoms with Gasteiger partial charge in [-0.1, -0.05) is 0 Å². The molecule has 638 valence electrons. The second kappa shape index (κ2) is 41.5. The van der Waals surface area contributed by atoms with Crippen LogP contribution in [0.1, 0.15) is 0 Å². The smallest absolute Gasteiger partial charge is 0.187 e. The van der Waals surface area contributed by atoms with Crippen LogP contribution in [-0.4, -0.2) is 502 Å². The molecule has 0 radical (unpaired) electrons. The van der Waals surface area contributed by atoms with Crippen LogP contribution < -0.4 is 0 Å². The normalized spacial score (nSPS) is 50.2. The molecule has 9 rings (SSSR count). The van der Waals surface area contributed by atoms with E-state index in [1.165, 1.54) is 28.4 Å². The molecule has 0 saturated carbocycles. The number of ether oxygens (including phenoxy) is 26. The van der Waals surface area contributed by atoms with E-state index in [0.717, 1.165) is 35.5 Å². The van der Waals surface area contributed by atoms with E-state index in [1.54, 1.807) is 0 Å². The lowest BCUT2D eigenvalue weighted by Crippen LogP contribution is -2.69. The maximum absolute atomic E-state index is 12.0. The Hall–Kier alpha value is -1.84. The van der Waals surface area contributed by atoms with Crippen molar-refractivity contribution in [1.82, 2.24) is 0 Å². The van der Waals surface area contributed by atoms with Crippen LogP contribution in [0, 0.1) is 0 Å². The van der Waals surface area contributed by atoms with Crippen molar-refractivity contribution in [2.24, 2.45) is 0 Å².